The normalized spacial score (nSPS) is 10.7. The van der Waals surface area contributed by atoms with Crippen LogP contribution in [0.2, 0.25) is 0 Å². The summed E-state index contributed by atoms with van der Waals surface area (Å²) in [5.74, 6) is 0.240. The Balaban J connectivity index is 3.28. The summed E-state index contributed by atoms with van der Waals surface area (Å²) >= 11 is 3.29. The van der Waals surface area contributed by atoms with Crippen LogP contribution in [0.15, 0.2) is 22.7 Å². The molecule has 4 heteroatoms. The SMILES string of the molecule is COc1ccc(Br)cc1C(=O)C(C)(C)C#N. The fourth-order valence-electron chi connectivity index (χ4n) is 1.25. The van der Waals surface area contributed by atoms with Gasteiger partial charge in [-0.1, -0.05) is 15.9 Å². The second kappa shape index (κ2) is 4.67. The van der Waals surface area contributed by atoms with E-state index in [0.29, 0.717) is 11.3 Å². The minimum Gasteiger partial charge on any atom is -0.496 e. The maximum atomic E-state index is 12.1. The van der Waals surface area contributed by atoms with Gasteiger partial charge in [-0.3, -0.25) is 4.79 Å². The Morgan fingerprint density at radius 3 is 2.62 bits per heavy atom. The second-order valence-electron chi connectivity index (χ2n) is 3.91. The third-order valence-electron chi connectivity index (χ3n) is 2.25. The number of rotatable bonds is 3. The highest BCUT2D eigenvalue weighted by atomic mass is 79.9. The van der Waals surface area contributed by atoms with Gasteiger partial charge in [0, 0.05) is 4.47 Å². The Kier molecular flexibility index (Phi) is 3.71. The minimum absolute atomic E-state index is 0.242. The Morgan fingerprint density at radius 1 is 1.50 bits per heavy atom. The number of hydrogen-bond donors (Lipinski definition) is 0. The molecule has 1 aromatic rings. The van der Waals surface area contributed by atoms with Crippen LogP contribution in [0.3, 0.4) is 0 Å². The average Bonchev–Trinajstić information content (AvgIpc) is 2.28. The summed E-state index contributed by atoms with van der Waals surface area (Å²) in [5, 5.41) is 8.94. The highest BCUT2D eigenvalue weighted by Crippen LogP contribution is 2.29. The molecule has 1 rings (SSSR count). The Hall–Kier alpha value is -1.34. The van der Waals surface area contributed by atoms with E-state index in [0.717, 1.165) is 4.47 Å². The van der Waals surface area contributed by atoms with Gasteiger partial charge in [0.1, 0.15) is 11.2 Å². The molecule has 0 aromatic heterocycles. The van der Waals surface area contributed by atoms with Gasteiger partial charge < -0.3 is 4.74 Å². The van der Waals surface area contributed by atoms with Crippen LogP contribution in [-0.4, -0.2) is 12.9 Å². The number of carbonyl (C=O) groups is 1. The lowest BCUT2D eigenvalue weighted by molar-refractivity contribution is 0.0888. The van der Waals surface area contributed by atoms with Crippen molar-refractivity contribution in [3.05, 3.63) is 28.2 Å². The van der Waals surface area contributed by atoms with Crippen molar-refractivity contribution in [2.24, 2.45) is 5.41 Å². The first-order valence-corrected chi connectivity index (χ1v) is 5.51. The lowest BCUT2D eigenvalue weighted by atomic mass is 9.85. The molecule has 0 saturated carbocycles. The zero-order chi connectivity index (χ0) is 12.3. The van der Waals surface area contributed by atoms with Gasteiger partial charge in [-0.15, -0.1) is 0 Å². The first kappa shape index (κ1) is 12.7. The molecule has 0 aliphatic rings. The molecule has 0 spiro atoms. The summed E-state index contributed by atoms with van der Waals surface area (Å²) in [7, 11) is 1.50. The van der Waals surface area contributed by atoms with Crippen LogP contribution in [-0.2, 0) is 0 Å². The van der Waals surface area contributed by atoms with Crippen molar-refractivity contribution in [1.82, 2.24) is 0 Å². The fraction of sp³-hybridized carbons (Fsp3) is 0.333. The van der Waals surface area contributed by atoms with E-state index in [1.807, 2.05) is 6.07 Å². The number of nitrogens with zero attached hydrogens (tertiary/aromatic N) is 1. The first-order valence-electron chi connectivity index (χ1n) is 4.72. The van der Waals surface area contributed by atoms with E-state index < -0.39 is 5.41 Å². The molecule has 16 heavy (non-hydrogen) atoms. The Labute approximate surface area is 103 Å². The molecule has 0 bridgehead atoms. The first-order chi connectivity index (χ1) is 7.42. The van der Waals surface area contributed by atoms with Gasteiger partial charge in [0.2, 0.25) is 0 Å². The zero-order valence-electron chi connectivity index (χ0n) is 9.37. The van der Waals surface area contributed by atoms with E-state index in [1.54, 1.807) is 32.0 Å². The van der Waals surface area contributed by atoms with Crippen LogP contribution in [0.25, 0.3) is 0 Å². The van der Waals surface area contributed by atoms with Gasteiger partial charge >= 0.3 is 0 Å². The summed E-state index contributed by atoms with van der Waals surface area (Å²) in [5.41, 5.74) is -0.628. The van der Waals surface area contributed by atoms with Crippen molar-refractivity contribution in [2.45, 2.75) is 13.8 Å². The number of nitriles is 1. The van der Waals surface area contributed by atoms with Crippen LogP contribution < -0.4 is 4.74 Å². The van der Waals surface area contributed by atoms with Crippen LogP contribution in [0, 0.1) is 16.7 Å². The van der Waals surface area contributed by atoms with Gasteiger partial charge in [0.05, 0.1) is 18.7 Å². The summed E-state index contributed by atoms with van der Waals surface area (Å²) < 4.78 is 5.89. The third-order valence-corrected chi connectivity index (χ3v) is 2.75. The quantitative estimate of drug-likeness (QED) is 0.800. The van der Waals surface area contributed by atoms with E-state index in [9.17, 15) is 4.79 Å². The maximum Gasteiger partial charge on any atom is 0.186 e. The summed E-state index contributed by atoms with van der Waals surface area (Å²) in [4.78, 5) is 12.1. The molecule has 0 heterocycles. The standard InChI is InChI=1S/C12H12BrNO2/c1-12(2,7-14)11(15)9-6-8(13)4-5-10(9)16-3/h4-6H,1-3H3. The number of carbonyl (C=O) groups excluding carboxylic acids is 1. The van der Waals surface area contributed by atoms with Gasteiger partial charge in [-0.05, 0) is 32.0 Å². The van der Waals surface area contributed by atoms with Gasteiger partial charge in [-0.2, -0.15) is 5.26 Å². The fourth-order valence-corrected chi connectivity index (χ4v) is 1.61. The molecule has 0 unspecified atom stereocenters. The molecule has 0 saturated heterocycles. The molecule has 1 aromatic carbocycles. The summed E-state index contributed by atoms with van der Waals surface area (Å²) in [6, 6.07) is 7.14. The van der Waals surface area contributed by atoms with Crippen molar-refractivity contribution in [3.63, 3.8) is 0 Å². The predicted molar refractivity (Wildman–Crippen MR) is 64.4 cm³/mol. The number of methoxy groups -OCH3 is 1. The van der Waals surface area contributed by atoms with Crippen LogP contribution in [0.1, 0.15) is 24.2 Å². The van der Waals surface area contributed by atoms with Crippen molar-refractivity contribution in [1.29, 1.82) is 5.26 Å². The highest BCUT2D eigenvalue weighted by molar-refractivity contribution is 9.10. The number of ketones is 1. The van der Waals surface area contributed by atoms with Gasteiger partial charge in [0.15, 0.2) is 5.78 Å². The summed E-state index contributed by atoms with van der Waals surface area (Å²) in [6.07, 6.45) is 0. The van der Waals surface area contributed by atoms with Crippen LogP contribution in [0.4, 0.5) is 0 Å². The van der Waals surface area contributed by atoms with Crippen LogP contribution >= 0.6 is 15.9 Å². The van der Waals surface area contributed by atoms with Crippen molar-refractivity contribution in [3.8, 4) is 11.8 Å². The van der Waals surface area contributed by atoms with Crippen molar-refractivity contribution < 1.29 is 9.53 Å². The average molecular weight is 282 g/mol. The molecule has 0 N–H and O–H groups in total. The molecule has 0 radical (unpaired) electrons. The zero-order valence-corrected chi connectivity index (χ0v) is 11.0. The number of ether oxygens (including phenoxy) is 1. The minimum atomic E-state index is -1.05. The largest absolute Gasteiger partial charge is 0.496 e. The number of hydrogen-bond acceptors (Lipinski definition) is 3. The molecule has 0 atom stereocenters. The number of benzene rings is 1. The number of Topliss-reactive ketones (excluding diaryl/α,β-unsaturated/α-hetero) is 1. The van der Waals surface area contributed by atoms with Gasteiger partial charge in [-0.25, -0.2) is 0 Å². The topological polar surface area (TPSA) is 50.1 Å². The summed E-state index contributed by atoms with van der Waals surface area (Å²) in [6.45, 7) is 3.19. The smallest absolute Gasteiger partial charge is 0.186 e. The van der Waals surface area contributed by atoms with Gasteiger partial charge in [0.25, 0.3) is 0 Å². The van der Waals surface area contributed by atoms with E-state index in [-0.39, 0.29) is 5.78 Å². The van der Waals surface area contributed by atoms with E-state index in [2.05, 4.69) is 15.9 Å². The molecule has 0 amide bonds. The Morgan fingerprint density at radius 2 is 2.12 bits per heavy atom. The van der Waals surface area contributed by atoms with Crippen molar-refractivity contribution in [2.75, 3.05) is 7.11 Å². The molecular weight excluding hydrogens is 270 g/mol. The Bertz CT molecular complexity index is 461. The molecule has 84 valence electrons. The van der Waals surface area contributed by atoms with E-state index in [4.69, 9.17) is 10.00 Å². The number of halogens is 1. The van der Waals surface area contributed by atoms with Crippen LogP contribution in [0.5, 0.6) is 5.75 Å². The monoisotopic (exact) mass is 281 g/mol. The molecule has 0 aliphatic heterocycles. The predicted octanol–water partition coefficient (Wildman–Crippen LogP) is 3.19. The molecule has 0 fully saturated rings. The van der Waals surface area contributed by atoms with E-state index >= 15 is 0 Å². The molecule has 3 nitrogen and oxygen atoms in total. The molecular formula is C12H12BrNO2. The molecule has 0 aliphatic carbocycles. The lowest BCUT2D eigenvalue weighted by Gasteiger charge is -2.16. The lowest BCUT2D eigenvalue weighted by Crippen LogP contribution is -2.22. The third kappa shape index (κ3) is 2.42. The van der Waals surface area contributed by atoms with Crippen molar-refractivity contribution >= 4 is 21.7 Å². The van der Waals surface area contributed by atoms with E-state index in [1.165, 1.54) is 7.11 Å². The maximum absolute atomic E-state index is 12.1. The second-order valence-corrected chi connectivity index (χ2v) is 4.83. The highest BCUT2D eigenvalue weighted by Gasteiger charge is 2.30.